The van der Waals surface area contributed by atoms with E-state index in [1.807, 2.05) is 20.8 Å². The Hall–Kier alpha value is -3.63. The molecule has 10 nitrogen and oxygen atoms in total. The lowest BCUT2D eigenvalue weighted by molar-refractivity contribution is 0.102. The first-order chi connectivity index (χ1) is 16.7. The predicted molar refractivity (Wildman–Crippen MR) is 140 cm³/mol. The SMILES string of the molecule is CN(C(=O)Nc1cc(C(C)(C)C)on1)c1ccc(NC(=O)c2ccc(OC3CCNC3)cn2)cc1.Cl. The van der Waals surface area contributed by atoms with Gasteiger partial charge < -0.3 is 19.9 Å². The van der Waals surface area contributed by atoms with Crippen LogP contribution in [0.15, 0.2) is 53.2 Å². The van der Waals surface area contributed by atoms with E-state index in [0.29, 0.717) is 28.7 Å². The number of aromatic nitrogens is 2. The summed E-state index contributed by atoms with van der Waals surface area (Å²) >= 11 is 0. The highest BCUT2D eigenvalue weighted by Gasteiger charge is 2.21. The van der Waals surface area contributed by atoms with Crippen molar-refractivity contribution in [3.8, 4) is 5.75 Å². The lowest BCUT2D eigenvalue weighted by atomic mass is 9.93. The molecule has 2 aromatic heterocycles. The second kappa shape index (κ2) is 11.4. The lowest BCUT2D eigenvalue weighted by Gasteiger charge is -2.17. The number of benzene rings is 1. The van der Waals surface area contributed by atoms with Gasteiger partial charge in [-0.2, -0.15) is 0 Å². The highest BCUT2D eigenvalue weighted by Crippen LogP contribution is 2.25. The molecule has 3 amide bonds. The molecule has 0 saturated carbocycles. The van der Waals surface area contributed by atoms with E-state index in [4.69, 9.17) is 9.26 Å². The first kappa shape index (κ1) is 27.0. The van der Waals surface area contributed by atoms with Crippen LogP contribution in [0, 0.1) is 0 Å². The van der Waals surface area contributed by atoms with Crippen molar-refractivity contribution < 1.29 is 18.8 Å². The molecule has 3 heterocycles. The van der Waals surface area contributed by atoms with Crippen LogP contribution < -0.4 is 25.6 Å². The summed E-state index contributed by atoms with van der Waals surface area (Å²) in [5.41, 5.74) is 1.30. The van der Waals surface area contributed by atoms with Crippen LogP contribution in [0.1, 0.15) is 43.4 Å². The van der Waals surface area contributed by atoms with E-state index in [1.54, 1.807) is 55.7 Å². The summed E-state index contributed by atoms with van der Waals surface area (Å²) in [7, 11) is 1.64. The predicted octanol–water partition coefficient (Wildman–Crippen LogP) is 4.45. The number of carbonyl (C=O) groups is 2. The fourth-order valence-corrected chi connectivity index (χ4v) is 3.47. The summed E-state index contributed by atoms with van der Waals surface area (Å²) in [5, 5.41) is 12.7. The maximum Gasteiger partial charge on any atom is 0.327 e. The van der Waals surface area contributed by atoms with Gasteiger partial charge in [0.05, 0.1) is 6.20 Å². The van der Waals surface area contributed by atoms with Gasteiger partial charge in [0.25, 0.3) is 5.91 Å². The Kier molecular flexibility index (Phi) is 8.54. The van der Waals surface area contributed by atoms with Gasteiger partial charge in [-0.3, -0.25) is 15.0 Å². The van der Waals surface area contributed by atoms with Crippen molar-refractivity contribution in [3.63, 3.8) is 0 Å². The molecule has 1 aliphatic rings. The number of carbonyl (C=O) groups excluding carboxylic acids is 2. The standard InChI is InChI=1S/C25H30N6O4.ClH/c1-25(2,3)21-13-22(30-35-21)29-24(33)31(4)17-7-5-16(6-8-17)28-23(32)20-10-9-18(15-27-20)34-19-11-12-26-14-19;/h5-10,13,15,19,26H,11-12,14H2,1-4H3,(H,28,32)(H,29,30,33);1H. The topological polar surface area (TPSA) is 122 Å². The van der Waals surface area contributed by atoms with Gasteiger partial charge in [0.2, 0.25) is 0 Å². The van der Waals surface area contributed by atoms with Crippen molar-refractivity contribution in [1.82, 2.24) is 15.5 Å². The third-order valence-corrected chi connectivity index (χ3v) is 5.59. The molecule has 1 unspecified atom stereocenters. The molecular formula is C25H31ClN6O4. The van der Waals surface area contributed by atoms with Crippen LogP contribution in [0.3, 0.4) is 0 Å². The van der Waals surface area contributed by atoms with Crippen molar-refractivity contribution in [2.24, 2.45) is 0 Å². The number of hydrogen-bond donors (Lipinski definition) is 3. The van der Waals surface area contributed by atoms with Crippen LogP contribution >= 0.6 is 12.4 Å². The van der Waals surface area contributed by atoms with Crippen LogP contribution in [-0.4, -0.2) is 48.3 Å². The normalized spacial score (nSPS) is 15.1. The molecule has 3 aromatic rings. The van der Waals surface area contributed by atoms with Crippen LogP contribution in [0.4, 0.5) is 22.0 Å². The van der Waals surface area contributed by atoms with E-state index in [9.17, 15) is 9.59 Å². The minimum absolute atomic E-state index is 0. The highest BCUT2D eigenvalue weighted by molar-refractivity contribution is 6.03. The average Bonchev–Trinajstić information content (AvgIpc) is 3.52. The number of pyridine rings is 1. The molecule has 0 aliphatic carbocycles. The van der Waals surface area contributed by atoms with Crippen molar-refractivity contribution in [2.45, 2.75) is 38.7 Å². The van der Waals surface area contributed by atoms with Crippen molar-refractivity contribution in [3.05, 3.63) is 60.1 Å². The largest absolute Gasteiger partial charge is 0.487 e. The number of urea groups is 1. The Balaban J connectivity index is 0.00000361. The fraction of sp³-hybridized carbons (Fsp3) is 0.360. The molecule has 1 aliphatic heterocycles. The van der Waals surface area contributed by atoms with E-state index < -0.39 is 0 Å². The van der Waals surface area contributed by atoms with Crippen LogP contribution in [0.25, 0.3) is 0 Å². The zero-order valence-electron chi connectivity index (χ0n) is 20.7. The molecule has 1 aromatic carbocycles. The number of ether oxygens (including phenoxy) is 1. The Bertz CT molecular complexity index is 1170. The summed E-state index contributed by atoms with van der Waals surface area (Å²) in [6, 6.07) is 11.6. The minimum atomic E-state index is -0.365. The Morgan fingerprint density at radius 2 is 1.89 bits per heavy atom. The van der Waals surface area contributed by atoms with E-state index in [0.717, 1.165) is 19.5 Å². The Morgan fingerprint density at radius 1 is 1.14 bits per heavy atom. The number of nitrogens with one attached hydrogen (secondary N) is 3. The summed E-state index contributed by atoms with van der Waals surface area (Å²) in [6.07, 6.45) is 2.64. The second-order valence-electron chi connectivity index (χ2n) is 9.43. The number of halogens is 1. The molecule has 4 rings (SSSR count). The van der Waals surface area contributed by atoms with Gasteiger partial charge in [-0.25, -0.2) is 9.78 Å². The van der Waals surface area contributed by atoms with Crippen molar-refractivity contribution >= 4 is 41.5 Å². The third kappa shape index (κ3) is 6.73. The summed E-state index contributed by atoms with van der Waals surface area (Å²) in [6.45, 7) is 7.76. The maximum atomic E-state index is 12.6. The van der Waals surface area contributed by atoms with Gasteiger partial charge in [-0.15, -0.1) is 12.4 Å². The van der Waals surface area contributed by atoms with E-state index in [2.05, 4.69) is 26.1 Å². The molecule has 11 heteroatoms. The molecule has 0 bridgehead atoms. The van der Waals surface area contributed by atoms with Gasteiger partial charge in [-0.05, 0) is 49.4 Å². The number of hydrogen-bond acceptors (Lipinski definition) is 7. The fourth-order valence-electron chi connectivity index (χ4n) is 3.47. The van der Waals surface area contributed by atoms with Crippen LogP contribution in [0.5, 0.6) is 5.75 Å². The Morgan fingerprint density at radius 3 is 2.47 bits per heavy atom. The molecule has 3 N–H and O–H groups in total. The van der Waals surface area contributed by atoms with Crippen molar-refractivity contribution in [1.29, 1.82) is 0 Å². The van der Waals surface area contributed by atoms with Crippen LogP contribution in [0.2, 0.25) is 0 Å². The average molecular weight is 515 g/mol. The quantitative estimate of drug-likeness (QED) is 0.444. The molecule has 36 heavy (non-hydrogen) atoms. The summed E-state index contributed by atoms with van der Waals surface area (Å²) in [5.74, 6) is 1.33. The number of rotatable bonds is 6. The van der Waals surface area contributed by atoms with Gasteiger partial charge in [-0.1, -0.05) is 25.9 Å². The molecule has 0 spiro atoms. The minimum Gasteiger partial charge on any atom is -0.487 e. The molecule has 1 atom stereocenters. The highest BCUT2D eigenvalue weighted by atomic mass is 35.5. The monoisotopic (exact) mass is 514 g/mol. The van der Waals surface area contributed by atoms with E-state index >= 15 is 0 Å². The molecule has 1 saturated heterocycles. The summed E-state index contributed by atoms with van der Waals surface area (Å²) < 4.78 is 11.1. The Labute approximate surface area is 216 Å². The van der Waals surface area contributed by atoms with Gasteiger partial charge in [0, 0.05) is 36.4 Å². The molecular weight excluding hydrogens is 484 g/mol. The third-order valence-electron chi connectivity index (χ3n) is 5.59. The molecule has 0 radical (unpaired) electrons. The number of anilines is 3. The zero-order valence-corrected chi connectivity index (χ0v) is 21.5. The number of nitrogens with zero attached hydrogens (tertiary/aromatic N) is 3. The summed E-state index contributed by atoms with van der Waals surface area (Å²) in [4.78, 5) is 30.8. The van der Waals surface area contributed by atoms with Gasteiger partial charge in [0.15, 0.2) is 5.82 Å². The second-order valence-corrected chi connectivity index (χ2v) is 9.43. The smallest absolute Gasteiger partial charge is 0.327 e. The van der Waals surface area contributed by atoms with E-state index in [1.165, 1.54) is 4.90 Å². The number of amides is 3. The lowest BCUT2D eigenvalue weighted by Crippen LogP contribution is -2.31. The van der Waals surface area contributed by atoms with E-state index in [-0.39, 0.29) is 41.6 Å². The van der Waals surface area contributed by atoms with Crippen LogP contribution in [-0.2, 0) is 5.41 Å². The first-order valence-electron chi connectivity index (χ1n) is 11.5. The van der Waals surface area contributed by atoms with Crippen molar-refractivity contribution in [2.75, 3.05) is 35.7 Å². The van der Waals surface area contributed by atoms with Gasteiger partial charge >= 0.3 is 6.03 Å². The zero-order chi connectivity index (χ0) is 25.0. The molecule has 192 valence electrons. The molecule has 1 fully saturated rings. The van der Waals surface area contributed by atoms with Gasteiger partial charge in [0.1, 0.15) is 23.3 Å². The maximum absolute atomic E-state index is 12.6. The first-order valence-corrected chi connectivity index (χ1v) is 11.5.